The molecule has 0 aliphatic rings. The van der Waals surface area contributed by atoms with Crippen molar-refractivity contribution in [2.75, 3.05) is 20.2 Å². The van der Waals surface area contributed by atoms with Crippen LogP contribution in [0.15, 0.2) is 18.2 Å². The van der Waals surface area contributed by atoms with Crippen molar-refractivity contribution in [2.24, 2.45) is 5.92 Å². The van der Waals surface area contributed by atoms with E-state index < -0.39 is 0 Å². The first-order valence-corrected chi connectivity index (χ1v) is 7.47. The summed E-state index contributed by atoms with van der Waals surface area (Å²) < 4.78 is 5.88. The van der Waals surface area contributed by atoms with E-state index in [2.05, 4.69) is 57.8 Å². The number of benzene rings is 1. The van der Waals surface area contributed by atoms with E-state index in [4.69, 9.17) is 4.74 Å². The van der Waals surface area contributed by atoms with Crippen LogP contribution in [0.4, 0.5) is 0 Å². The smallest absolute Gasteiger partial charge is 0.122 e. The molecular weight excluding hydrogens is 234 g/mol. The number of aryl methyl sites for hydroxylation is 1. The molecule has 2 heteroatoms. The predicted octanol–water partition coefficient (Wildman–Crippen LogP) is 4.26. The Bertz CT molecular complexity index is 376. The fraction of sp³-hybridized carbons (Fsp3) is 0.647. The van der Waals surface area contributed by atoms with E-state index in [1.54, 1.807) is 0 Å². The summed E-state index contributed by atoms with van der Waals surface area (Å²) in [7, 11) is 2.17. The van der Waals surface area contributed by atoms with Crippen LogP contribution in [-0.4, -0.2) is 25.1 Å². The minimum atomic E-state index is 0.620. The largest absolute Gasteiger partial charge is 0.493 e. The molecule has 1 unspecified atom stereocenters. The molecule has 2 nitrogen and oxygen atoms in total. The summed E-state index contributed by atoms with van der Waals surface area (Å²) in [6.07, 6.45) is 2.37. The first-order valence-electron chi connectivity index (χ1n) is 7.47. The zero-order valence-corrected chi connectivity index (χ0v) is 13.2. The maximum absolute atomic E-state index is 5.88. The van der Waals surface area contributed by atoms with Gasteiger partial charge in [0.1, 0.15) is 5.75 Å². The van der Waals surface area contributed by atoms with E-state index in [0.29, 0.717) is 5.92 Å². The highest BCUT2D eigenvalue weighted by atomic mass is 16.5. The summed E-state index contributed by atoms with van der Waals surface area (Å²) in [4.78, 5) is 2.36. The Morgan fingerprint density at radius 3 is 2.58 bits per heavy atom. The number of hydrogen-bond donors (Lipinski definition) is 0. The van der Waals surface area contributed by atoms with E-state index in [-0.39, 0.29) is 0 Å². The van der Waals surface area contributed by atoms with Gasteiger partial charge in [0.25, 0.3) is 0 Å². The van der Waals surface area contributed by atoms with Gasteiger partial charge in [0.15, 0.2) is 0 Å². The van der Waals surface area contributed by atoms with Gasteiger partial charge in [-0.2, -0.15) is 0 Å². The van der Waals surface area contributed by atoms with E-state index >= 15 is 0 Å². The normalized spacial score (nSPS) is 12.7. The van der Waals surface area contributed by atoms with Gasteiger partial charge in [0, 0.05) is 6.54 Å². The fourth-order valence-corrected chi connectivity index (χ4v) is 2.09. The molecule has 0 N–H and O–H groups in total. The molecule has 0 aliphatic carbocycles. The lowest BCUT2D eigenvalue weighted by Gasteiger charge is -2.17. The molecule has 0 saturated carbocycles. The van der Waals surface area contributed by atoms with E-state index in [1.807, 2.05) is 0 Å². The van der Waals surface area contributed by atoms with Crippen molar-refractivity contribution in [1.82, 2.24) is 4.90 Å². The molecule has 108 valence electrons. The Hall–Kier alpha value is -1.02. The highest BCUT2D eigenvalue weighted by Crippen LogP contribution is 2.21. The third-order valence-corrected chi connectivity index (χ3v) is 3.52. The molecule has 0 amide bonds. The van der Waals surface area contributed by atoms with Crippen LogP contribution in [0.1, 0.15) is 44.7 Å². The number of rotatable bonds is 8. The molecule has 19 heavy (non-hydrogen) atoms. The SMILES string of the molecule is CCCN(C)Cc1ccc(OCC(C)CC)c(C)c1. The minimum absolute atomic E-state index is 0.620. The quantitative estimate of drug-likeness (QED) is 0.695. The van der Waals surface area contributed by atoms with E-state index in [9.17, 15) is 0 Å². The Morgan fingerprint density at radius 2 is 2.00 bits per heavy atom. The van der Waals surface area contributed by atoms with Crippen molar-refractivity contribution in [3.8, 4) is 5.75 Å². The average Bonchev–Trinajstić information content (AvgIpc) is 2.37. The van der Waals surface area contributed by atoms with Crippen LogP contribution in [0.3, 0.4) is 0 Å². The minimum Gasteiger partial charge on any atom is -0.493 e. The molecular formula is C17H29NO. The first-order chi connectivity index (χ1) is 9.06. The molecule has 1 aromatic carbocycles. The van der Waals surface area contributed by atoms with Gasteiger partial charge in [0.2, 0.25) is 0 Å². The Balaban J connectivity index is 2.58. The van der Waals surface area contributed by atoms with Gasteiger partial charge >= 0.3 is 0 Å². The van der Waals surface area contributed by atoms with Gasteiger partial charge in [-0.25, -0.2) is 0 Å². The van der Waals surface area contributed by atoms with Gasteiger partial charge in [-0.05, 0) is 50.0 Å². The van der Waals surface area contributed by atoms with Gasteiger partial charge in [-0.1, -0.05) is 39.3 Å². The van der Waals surface area contributed by atoms with Crippen LogP contribution in [0, 0.1) is 12.8 Å². The summed E-state index contributed by atoms with van der Waals surface area (Å²) in [5, 5.41) is 0. The molecule has 0 fully saturated rings. The average molecular weight is 263 g/mol. The van der Waals surface area contributed by atoms with Crippen LogP contribution in [-0.2, 0) is 6.54 Å². The second-order valence-electron chi connectivity index (χ2n) is 5.66. The summed E-state index contributed by atoms with van der Waals surface area (Å²) in [5.41, 5.74) is 2.61. The summed E-state index contributed by atoms with van der Waals surface area (Å²) in [5.74, 6) is 1.65. The van der Waals surface area contributed by atoms with Crippen LogP contribution in [0.2, 0.25) is 0 Å². The zero-order valence-electron chi connectivity index (χ0n) is 13.2. The highest BCUT2D eigenvalue weighted by molar-refractivity contribution is 5.36. The molecule has 1 atom stereocenters. The summed E-state index contributed by atoms with van der Waals surface area (Å²) >= 11 is 0. The lowest BCUT2D eigenvalue weighted by Crippen LogP contribution is -2.18. The molecule has 0 saturated heterocycles. The van der Waals surface area contributed by atoms with Crippen molar-refractivity contribution in [3.05, 3.63) is 29.3 Å². The fourth-order valence-electron chi connectivity index (χ4n) is 2.09. The molecule has 1 rings (SSSR count). The van der Waals surface area contributed by atoms with Crippen LogP contribution >= 0.6 is 0 Å². The molecule has 0 heterocycles. The lowest BCUT2D eigenvalue weighted by molar-refractivity contribution is 0.255. The summed E-state index contributed by atoms with van der Waals surface area (Å²) in [6, 6.07) is 6.55. The maximum Gasteiger partial charge on any atom is 0.122 e. The zero-order chi connectivity index (χ0) is 14.3. The van der Waals surface area contributed by atoms with Crippen molar-refractivity contribution in [1.29, 1.82) is 0 Å². The van der Waals surface area contributed by atoms with Crippen molar-refractivity contribution < 1.29 is 4.74 Å². The van der Waals surface area contributed by atoms with Crippen molar-refractivity contribution in [2.45, 2.75) is 47.1 Å². The highest BCUT2D eigenvalue weighted by Gasteiger charge is 2.05. The van der Waals surface area contributed by atoms with Gasteiger partial charge in [-0.3, -0.25) is 0 Å². The predicted molar refractivity (Wildman–Crippen MR) is 82.8 cm³/mol. The van der Waals surface area contributed by atoms with Crippen molar-refractivity contribution >= 4 is 0 Å². The van der Waals surface area contributed by atoms with Crippen LogP contribution < -0.4 is 4.74 Å². The first kappa shape index (κ1) is 16.0. The molecule has 0 bridgehead atoms. The van der Waals surface area contributed by atoms with Gasteiger partial charge < -0.3 is 9.64 Å². The van der Waals surface area contributed by atoms with E-state index in [0.717, 1.165) is 25.4 Å². The van der Waals surface area contributed by atoms with Crippen LogP contribution in [0.5, 0.6) is 5.75 Å². The maximum atomic E-state index is 5.88. The van der Waals surface area contributed by atoms with Gasteiger partial charge in [-0.15, -0.1) is 0 Å². The molecule has 0 spiro atoms. The Labute approximate surface area is 118 Å². The number of nitrogens with zero attached hydrogens (tertiary/aromatic N) is 1. The Morgan fingerprint density at radius 1 is 1.26 bits per heavy atom. The van der Waals surface area contributed by atoms with Gasteiger partial charge in [0.05, 0.1) is 6.61 Å². The van der Waals surface area contributed by atoms with E-state index in [1.165, 1.54) is 24.0 Å². The lowest BCUT2D eigenvalue weighted by atomic mass is 10.1. The molecule has 0 aliphatic heterocycles. The monoisotopic (exact) mass is 263 g/mol. The standard InChI is InChI=1S/C17H29NO/c1-6-10-18(5)12-16-8-9-17(15(4)11-16)19-13-14(3)7-2/h8-9,11,14H,6-7,10,12-13H2,1-5H3. The molecule has 0 radical (unpaired) electrons. The number of hydrogen-bond acceptors (Lipinski definition) is 2. The van der Waals surface area contributed by atoms with Crippen molar-refractivity contribution in [3.63, 3.8) is 0 Å². The second kappa shape index (κ2) is 8.21. The number of ether oxygens (including phenoxy) is 1. The third-order valence-electron chi connectivity index (χ3n) is 3.52. The molecule has 1 aromatic rings. The topological polar surface area (TPSA) is 12.5 Å². The third kappa shape index (κ3) is 5.65. The van der Waals surface area contributed by atoms with Crippen LogP contribution in [0.25, 0.3) is 0 Å². The second-order valence-corrected chi connectivity index (χ2v) is 5.66. The summed E-state index contributed by atoms with van der Waals surface area (Å²) in [6.45, 7) is 11.7. The molecule has 0 aromatic heterocycles. The Kier molecular flexibility index (Phi) is 6.93.